The van der Waals surface area contributed by atoms with E-state index in [0.717, 1.165) is 5.56 Å². The van der Waals surface area contributed by atoms with Gasteiger partial charge in [0, 0.05) is 17.6 Å². The number of hydrogen-bond acceptors (Lipinski definition) is 7. The zero-order chi connectivity index (χ0) is 22.3. The Hall–Kier alpha value is -3.85. The lowest BCUT2D eigenvalue weighted by Gasteiger charge is -2.07. The summed E-state index contributed by atoms with van der Waals surface area (Å²) in [6.07, 6.45) is 2.11. The van der Waals surface area contributed by atoms with Gasteiger partial charge >= 0.3 is 0 Å². The molecule has 3 N–H and O–H groups in total. The number of amides is 1. The van der Waals surface area contributed by atoms with Gasteiger partial charge in [0.25, 0.3) is 5.91 Å². The van der Waals surface area contributed by atoms with E-state index < -0.39 is 0 Å². The molecule has 0 aliphatic rings. The van der Waals surface area contributed by atoms with Crippen LogP contribution in [0.1, 0.15) is 27.6 Å². The molecule has 4 aromatic rings. The van der Waals surface area contributed by atoms with Crippen LogP contribution in [-0.4, -0.2) is 39.0 Å². The highest BCUT2D eigenvalue weighted by molar-refractivity contribution is 6.30. The highest BCUT2D eigenvalue weighted by Gasteiger charge is 2.16. The fraction of sp³-hybridized carbons (Fsp3) is 0.182. The van der Waals surface area contributed by atoms with Gasteiger partial charge in [-0.05, 0) is 23.8 Å². The number of benzene rings is 2. The first-order chi connectivity index (χ1) is 15.6. The number of ether oxygens (including phenoxy) is 1. The van der Waals surface area contributed by atoms with Crippen molar-refractivity contribution in [1.82, 2.24) is 25.2 Å². The topological polar surface area (TPSA) is 121 Å². The molecule has 2 heterocycles. The Morgan fingerprint density at radius 1 is 1.19 bits per heavy atom. The zero-order valence-corrected chi connectivity index (χ0v) is 17.8. The van der Waals surface area contributed by atoms with Gasteiger partial charge in [0.2, 0.25) is 5.89 Å². The summed E-state index contributed by atoms with van der Waals surface area (Å²) in [6, 6.07) is 16.9. The second-order valence-electron chi connectivity index (χ2n) is 6.95. The molecule has 0 bridgehead atoms. The van der Waals surface area contributed by atoms with Crippen LogP contribution in [0.4, 0.5) is 5.82 Å². The average Bonchev–Trinajstić information content (AvgIpc) is 3.38. The summed E-state index contributed by atoms with van der Waals surface area (Å²) < 4.78 is 12.3. The maximum Gasteiger partial charge on any atom is 0.256 e. The Bertz CT molecular complexity index is 1190. The predicted octanol–water partition coefficient (Wildman–Crippen LogP) is 2.95. The maximum atomic E-state index is 12.4. The van der Waals surface area contributed by atoms with Crippen molar-refractivity contribution in [2.24, 2.45) is 0 Å². The molecule has 2 aromatic heterocycles. The third-order valence-corrected chi connectivity index (χ3v) is 4.73. The molecule has 0 radical (unpaired) electrons. The van der Waals surface area contributed by atoms with Crippen molar-refractivity contribution in [3.63, 3.8) is 0 Å². The molecule has 0 unspecified atom stereocenters. The van der Waals surface area contributed by atoms with Crippen molar-refractivity contribution >= 4 is 23.3 Å². The van der Waals surface area contributed by atoms with Crippen LogP contribution in [0.3, 0.4) is 0 Å². The Morgan fingerprint density at radius 3 is 2.84 bits per heavy atom. The molecule has 9 nitrogen and oxygen atoms in total. The molecule has 164 valence electrons. The van der Waals surface area contributed by atoms with Crippen LogP contribution in [0.2, 0.25) is 5.02 Å². The molecule has 2 aromatic carbocycles. The maximum absolute atomic E-state index is 12.4. The standard InChI is InChI=1S/C22H21ClN6O3/c23-16-7-4-8-17(12-16)31-10-9-25-22(30)18-13-29(27-21(18)24)14-20-26-19(28-32-20)11-15-5-2-1-3-6-15/h1-8,12-13H,9-11,14H2,(H2,24,27)(H,25,30). The molecule has 10 heteroatoms. The molecule has 0 aliphatic carbocycles. The predicted molar refractivity (Wildman–Crippen MR) is 119 cm³/mol. The van der Waals surface area contributed by atoms with Gasteiger partial charge in [0.05, 0.1) is 6.54 Å². The summed E-state index contributed by atoms with van der Waals surface area (Å²) >= 11 is 5.92. The molecule has 32 heavy (non-hydrogen) atoms. The Kier molecular flexibility index (Phi) is 6.66. The molecule has 0 atom stereocenters. The van der Waals surface area contributed by atoms with Crippen LogP contribution in [-0.2, 0) is 13.0 Å². The normalized spacial score (nSPS) is 10.8. The summed E-state index contributed by atoms with van der Waals surface area (Å²) in [5, 5.41) is 11.5. The molecule has 0 fully saturated rings. The first-order valence-corrected chi connectivity index (χ1v) is 10.3. The minimum Gasteiger partial charge on any atom is -0.492 e. The summed E-state index contributed by atoms with van der Waals surface area (Å²) in [5.74, 6) is 1.34. The number of nitrogens with zero attached hydrogens (tertiary/aromatic N) is 4. The largest absolute Gasteiger partial charge is 0.492 e. The molecule has 0 spiro atoms. The van der Waals surface area contributed by atoms with Crippen molar-refractivity contribution in [3.8, 4) is 5.75 Å². The van der Waals surface area contributed by atoms with E-state index in [1.165, 1.54) is 4.68 Å². The lowest BCUT2D eigenvalue weighted by atomic mass is 10.1. The second-order valence-corrected chi connectivity index (χ2v) is 7.39. The molecule has 4 rings (SSSR count). The molecule has 1 amide bonds. The van der Waals surface area contributed by atoms with E-state index in [-0.39, 0.29) is 30.4 Å². The lowest BCUT2D eigenvalue weighted by molar-refractivity contribution is 0.0947. The number of anilines is 1. The molecule has 0 saturated heterocycles. The highest BCUT2D eigenvalue weighted by Crippen LogP contribution is 2.17. The Balaban J connectivity index is 1.29. The monoisotopic (exact) mass is 452 g/mol. The van der Waals surface area contributed by atoms with Crippen molar-refractivity contribution < 1.29 is 14.1 Å². The SMILES string of the molecule is Nc1nn(Cc2nc(Cc3ccccc3)no2)cc1C(=O)NCCOc1cccc(Cl)c1. The van der Waals surface area contributed by atoms with E-state index in [0.29, 0.717) is 35.5 Å². The van der Waals surface area contributed by atoms with Crippen molar-refractivity contribution in [2.75, 3.05) is 18.9 Å². The van der Waals surface area contributed by atoms with E-state index in [2.05, 4.69) is 20.6 Å². The highest BCUT2D eigenvalue weighted by atomic mass is 35.5. The van der Waals surface area contributed by atoms with Crippen LogP contribution >= 0.6 is 11.6 Å². The summed E-state index contributed by atoms with van der Waals surface area (Å²) in [5.41, 5.74) is 7.26. The number of halogens is 1. The van der Waals surface area contributed by atoms with Crippen molar-refractivity contribution in [1.29, 1.82) is 0 Å². The third kappa shape index (κ3) is 5.64. The van der Waals surface area contributed by atoms with E-state index >= 15 is 0 Å². The number of hydrogen-bond donors (Lipinski definition) is 2. The van der Waals surface area contributed by atoms with Crippen LogP contribution in [0, 0.1) is 0 Å². The Morgan fingerprint density at radius 2 is 2.03 bits per heavy atom. The van der Waals surface area contributed by atoms with Crippen LogP contribution in [0.25, 0.3) is 0 Å². The summed E-state index contributed by atoms with van der Waals surface area (Å²) in [6.45, 7) is 0.784. The van der Waals surface area contributed by atoms with E-state index in [1.807, 2.05) is 30.3 Å². The van der Waals surface area contributed by atoms with E-state index in [1.54, 1.807) is 30.5 Å². The van der Waals surface area contributed by atoms with Crippen LogP contribution < -0.4 is 15.8 Å². The van der Waals surface area contributed by atoms with Crippen molar-refractivity contribution in [2.45, 2.75) is 13.0 Å². The molecule has 0 aliphatic heterocycles. The van der Waals surface area contributed by atoms with Gasteiger partial charge in [0.15, 0.2) is 11.6 Å². The lowest BCUT2D eigenvalue weighted by Crippen LogP contribution is -2.28. The van der Waals surface area contributed by atoms with Gasteiger partial charge in [-0.25, -0.2) is 0 Å². The number of aromatic nitrogens is 4. The van der Waals surface area contributed by atoms with Gasteiger partial charge in [-0.1, -0.05) is 53.2 Å². The van der Waals surface area contributed by atoms with E-state index in [9.17, 15) is 4.79 Å². The van der Waals surface area contributed by atoms with Gasteiger partial charge < -0.3 is 20.3 Å². The first-order valence-electron chi connectivity index (χ1n) is 9.92. The summed E-state index contributed by atoms with van der Waals surface area (Å²) in [4.78, 5) is 16.8. The van der Waals surface area contributed by atoms with E-state index in [4.69, 9.17) is 26.6 Å². The quantitative estimate of drug-likeness (QED) is 0.374. The number of nitrogen functional groups attached to an aromatic ring is 1. The Labute approximate surface area is 189 Å². The third-order valence-electron chi connectivity index (χ3n) is 4.50. The minimum absolute atomic E-state index is 0.113. The van der Waals surface area contributed by atoms with Gasteiger partial charge in [-0.15, -0.1) is 0 Å². The number of nitrogens with one attached hydrogen (secondary N) is 1. The van der Waals surface area contributed by atoms with Crippen LogP contribution in [0.15, 0.2) is 65.3 Å². The fourth-order valence-corrected chi connectivity index (χ4v) is 3.20. The average molecular weight is 453 g/mol. The van der Waals surface area contributed by atoms with Crippen LogP contribution in [0.5, 0.6) is 5.75 Å². The first kappa shape index (κ1) is 21.4. The van der Waals surface area contributed by atoms with Crippen molar-refractivity contribution in [3.05, 3.63) is 88.7 Å². The number of carbonyl (C=O) groups excluding carboxylic acids is 1. The van der Waals surface area contributed by atoms with Gasteiger partial charge in [0.1, 0.15) is 24.5 Å². The molecular formula is C22H21ClN6O3. The second kappa shape index (κ2) is 9.97. The fourth-order valence-electron chi connectivity index (χ4n) is 3.02. The number of rotatable bonds is 9. The number of nitrogens with two attached hydrogens (primary N) is 1. The number of carbonyl (C=O) groups is 1. The zero-order valence-electron chi connectivity index (χ0n) is 17.1. The van der Waals surface area contributed by atoms with Gasteiger partial charge in [-0.2, -0.15) is 10.1 Å². The smallest absolute Gasteiger partial charge is 0.256 e. The molecule has 0 saturated carbocycles. The minimum atomic E-state index is -0.348. The molecular weight excluding hydrogens is 432 g/mol. The van der Waals surface area contributed by atoms with Gasteiger partial charge in [-0.3, -0.25) is 9.48 Å². The summed E-state index contributed by atoms with van der Waals surface area (Å²) in [7, 11) is 0.